The van der Waals surface area contributed by atoms with Crippen LogP contribution in [0.3, 0.4) is 0 Å². The van der Waals surface area contributed by atoms with Crippen LogP contribution < -0.4 is 0 Å². The molecule has 0 saturated carbocycles. The largest absolute Gasteiger partial charge is 0.346 e. The van der Waals surface area contributed by atoms with Crippen LogP contribution in [0.1, 0.15) is 47.0 Å². The highest BCUT2D eigenvalue weighted by molar-refractivity contribution is 5.00. The molecule has 2 nitrogen and oxygen atoms in total. The molecule has 0 spiro atoms. The molecule has 1 fully saturated rings. The molecule has 1 rings (SSSR count). The van der Waals surface area contributed by atoms with E-state index >= 15 is 0 Å². The van der Waals surface area contributed by atoms with Crippen molar-refractivity contribution in [3.05, 3.63) is 11.6 Å². The molecule has 1 aliphatic rings. The second kappa shape index (κ2) is 6.29. The van der Waals surface area contributed by atoms with Crippen LogP contribution in [-0.4, -0.2) is 19.0 Å². The van der Waals surface area contributed by atoms with Crippen molar-refractivity contribution in [2.75, 3.05) is 6.61 Å². The molecule has 1 saturated heterocycles. The molecule has 0 amide bonds. The van der Waals surface area contributed by atoms with Crippen molar-refractivity contribution in [3.8, 4) is 0 Å². The maximum Gasteiger partial charge on any atom is 0.177 e. The average Bonchev–Trinajstić information content (AvgIpc) is 2.50. The SMILES string of the molecule is C/C(=C\C1OCC(C)O1)CCCC(C)C. The van der Waals surface area contributed by atoms with Gasteiger partial charge < -0.3 is 9.47 Å². The first-order valence-electron chi connectivity index (χ1n) is 6.02. The second-order valence-electron chi connectivity index (χ2n) is 4.95. The lowest BCUT2D eigenvalue weighted by molar-refractivity contribution is -0.0167. The highest BCUT2D eigenvalue weighted by Gasteiger charge is 2.19. The summed E-state index contributed by atoms with van der Waals surface area (Å²) in [6.07, 6.45) is 5.99. The van der Waals surface area contributed by atoms with Gasteiger partial charge in [-0.25, -0.2) is 0 Å². The Balaban J connectivity index is 2.21. The van der Waals surface area contributed by atoms with Crippen LogP contribution in [0.4, 0.5) is 0 Å². The molecule has 0 aromatic heterocycles. The molecule has 0 aliphatic carbocycles. The van der Waals surface area contributed by atoms with Crippen molar-refractivity contribution in [2.24, 2.45) is 5.92 Å². The minimum atomic E-state index is -0.0981. The lowest BCUT2D eigenvalue weighted by Gasteiger charge is -2.08. The molecule has 0 N–H and O–H groups in total. The molecule has 1 heterocycles. The monoisotopic (exact) mass is 212 g/mol. The van der Waals surface area contributed by atoms with E-state index in [0.717, 1.165) is 18.9 Å². The van der Waals surface area contributed by atoms with Crippen molar-refractivity contribution in [1.82, 2.24) is 0 Å². The number of allylic oxidation sites excluding steroid dienone is 1. The maximum atomic E-state index is 5.56. The van der Waals surface area contributed by atoms with Crippen LogP contribution >= 0.6 is 0 Å². The highest BCUT2D eigenvalue weighted by Crippen LogP contribution is 2.17. The number of ether oxygens (including phenoxy) is 2. The highest BCUT2D eigenvalue weighted by atomic mass is 16.7. The lowest BCUT2D eigenvalue weighted by atomic mass is 10.0. The Hall–Kier alpha value is -0.340. The van der Waals surface area contributed by atoms with Gasteiger partial charge in [-0.3, -0.25) is 0 Å². The fourth-order valence-electron chi connectivity index (χ4n) is 1.73. The van der Waals surface area contributed by atoms with Crippen LogP contribution in [-0.2, 0) is 9.47 Å². The third-order valence-electron chi connectivity index (χ3n) is 2.63. The van der Waals surface area contributed by atoms with Crippen molar-refractivity contribution in [2.45, 2.75) is 59.4 Å². The van der Waals surface area contributed by atoms with E-state index in [1.165, 1.54) is 18.4 Å². The molecule has 2 unspecified atom stereocenters. The first kappa shape index (κ1) is 12.7. The summed E-state index contributed by atoms with van der Waals surface area (Å²) in [5, 5.41) is 0. The minimum absolute atomic E-state index is 0.0981. The summed E-state index contributed by atoms with van der Waals surface area (Å²) in [6.45, 7) is 9.46. The summed E-state index contributed by atoms with van der Waals surface area (Å²) >= 11 is 0. The van der Waals surface area contributed by atoms with Gasteiger partial charge in [0.05, 0.1) is 12.7 Å². The van der Waals surface area contributed by atoms with Gasteiger partial charge in [-0.2, -0.15) is 0 Å². The van der Waals surface area contributed by atoms with Crippen molar-refractivity contribution in [3.63, 3.8) is 0 Å². The third kappa shape index (κ3) is 5.33. The van der Waals surface area contributed by atoms with E-state index in [1.54, 1.807) is 0 Å². The second-order valence-corrected chi connectivity index (χ2v) is 4.95. The zero-order valence-corrected chi connectivity index (χ0v) is 10.5. The Labute approximate surface area is 93.7 Å². The Morgan fingerprint density at radius 3 is 2.73 bits per heavy atom. The summed E-state index contributed by atoms with van der Waals surface area (Å²) in [5.41, 5.74) is 1.38. The number of rotatable bonds is 5. The van der Waals surface area contributed by atoms with E-state index in [9.17, 15) is 0 Å². The van der Waals surface area contributed by atoms with Gasteiger partial charge in [-0.05, 0) is 38.7 Å². The van der Waals surface area contributed by atoms with Crippen LogP contribution in [0.15, 0.2) is 11.6 Å². The Morgan fingerprint density at radius 1 is 1.47 bits per heavy atom. The third-order valence-corrected chi connectivity index (χ3v) is 2.63. The fourth-order valence-corrected chi connectivity index (χ4v) is 1.73. The van der Waals surface area contributed by atoms with E-state index in [0.29, 0.717) is 0 Å². The standard InChI is InChI=1S/C13H24O2/c1-10(2)6-5-7-11(3)8-13-14-9-12(4)15-13/h8,10,12-13H,5-7,9H2,1-4H3/b11-8+. The van der Waals surface area contributed by atoms with Crippen molar-refractivity contribution >= 4 is 0 Å². The molecule has 1 aliphatic heterocycles. The van der Waals surface area contributed by atoms with Gasteiger partial charge in [0, 0.05) is 0 Å². The predicted molar refractivity (Wildman–Crippen MR) is 62.7 cm³/mol. The van der Waals surface area contributed by atoms with E-state index in [4.69, 9.17) is 9.47 Å². The summed E-state index contributed by atoms with van der Waals surface area (Å²) < 4.78 is 11.0. The fraction of sp³-hybridized carbons (Fsp3) is 0.846. The first-order chi connectivity index (χ1) is 7.08. The molecule has 0 bridgehead atoms. The van der Waals surface area contributed by atoms with Gasteiger partial charge in [0.1, 0.15) is 0 Å². The molecule has 88 valence electrons. The van der Waals surface area contributed by atoms with Gasteiger partial charge in [0.25, 0.3) is 0 Å². The van der Waals surface area contributed by atoms with Gasteiger partial charge in [-0.15, -0.1) is 0 Å². The zero-order valence-electron chi connectivity index (χ0n) is 10.5. The Kier molecular flexibility index (Phi) is 5.34. The molecule has 0 aromatic carbocycles. The quantitative estimate of drug-likeness (QED) is 0.649. The van der Waals surface area contributed by atoms with E-state index in [-0.39, 0.29) is 12.4 Å². The van der Waals surface area contributed by atoms with Crippen LogP contribution in [0, 0.1) is 5.92 Å². The van der Waals surface area contributed by atoms with Crippen LogP contribution in [0.2, 0.25) is 0 Å². The summed E-state index contributed by atoms with van der Waals surface area (Å²) in [4.78, 5) is 0. The van der Waals surface area contributed by atoms with Gasteiger partial charge in [0.15, 0.2) is 6.29 Å². The Morgan fingerprint density at radius 2 is 2.20 bits per heavy atom. The topological polar surface area (TPSA) is 18.5 Å². The van der Waals surface area contributed by atoms with E-state index < -0.39 is 0 Å². The number of hydrogen-bond donors (Lipinski definition) is 0. The maximum absolute atomic E-state index is 5.56. The smallest absolute Gasteiger partial charge is 0.177 e. The van der Waals surface area contributed by atoms with Crippen LogP contribution in [0.25, 0.3) is 0 Å². The lowest BCUT2D eigenvalue weighted by Crippen LogP contribution is -2.06. The van der Waals surface area contributed by atoms with Gasteiger partial charge in [0.2, 0.25) is 0 Å². The van der Waals surface area contributed by atoms with E-state index in [2.05, 4.69) is 26.8 Å². The summed E-state index contributed by atoms with van der Waals surface area (Å²) in [5.74, 6) is 0.803. The molecule has 2 atom stereocenters. The van der Waals surface area contributed by atoms with Crippen molar-refractivity contribution in [1.29, 1.82) is 0 Å². The van der Waals surface area contributed by atoms with Gasteiger partial charge in [-0.1, -0.05) is 25.8 Å². The molecular weight excluding hydrogens is 188 g/mol. The van der Waals surface area contributed by atoms with Crippen LogP contribution in [0.5, 0.6) is 0 Å². The first-order valence-corrected chi connectivity index (χ1v) is 6.02. The summed E-state index contributed by atoms with van der Waals surface area (Å²) in [7, 11) is 0. The molecule has 0 radical (unpaired) electrons. The number of hydrogen-bond acceptors (Lipinski definition) is 2. The molecule has 0 aromatic rings. The molecule has 2 heteroatoms. The van der Waals surface area contributed by atoms with Gasteiger partial charge >= 0.3 is 0 Å². The average molecular weight is 212 g/mol. The molecule has 15 heavy (non-hydrogen) atoms. The van der Waals surface area contributed by atoms with Crippen molar-refractivity contribution < 1.29 is 9.47 Å². The zero-order chi connectivity index (χ0) is 11.3. The summed E-state index contributed by atoms with van der Waals surface area (Å²) in [6, 6.07) is 0. The van der Waals surface area contributed by atoms with E-state index in [1.807, 2.05) is 6.92 Å². The normalized spacial score (nSPS) is 27.7. The minimum Gasteiger partial charge on any atom is -0.346 e. The molecular formula is C13H24O2. The Bertz CT molecular complexity index is 209. The predicted octanol–water partition coefficient (Wildman–Crippen LogP) is 3.52.